The third-order valence-corrected chi connectivity index (χ3v) is 4.33. The minimum atomic E-state index is -0.578. The van der Waals surface area contributed by atoms with Gasteiger partial charge in [-0.15, -0.1) is 0 Å². The highest BCUT2D eigenvalue weighted by Crippen LogP contribution is 2.32. The molecule has 2 aliphatic rings. The van der Waals surface area contributed by atoms with Gasteiger partial charge in [-0.25, -0.2) is 0 Å². The summed E-state index contributed by atoms with van der Waals surface area (Å²) in [5.41, 5.74) is 0. The second-order valence-corrected chi connectivity index (χ2v) is 5.38. The van der Waals surface area contributed by atoms with E-state index in [4.69, 9.17) is 0 Å². The molecule has 3 unspecified atom stereocenters. The topological polar surface area (TPSA) is 40.5 Å². The van der Waals surface area contributed by atoms with Crippen LogP contribution in [0.25, 0.3) is 0 Å². The van der Waals surface area contributed by atoms with Gasteiger partial charge >= 0.3 is 5.97 Å². The molecule has 1 saturated heterocycles. The second-order valence-electron chi connectivity index (χ2n) is 5.38. The standard InChI is InChI=1S/C13H23NO2/c1-10-6-5-9-14(10)12-8-4-2-3-7-11(12)13(15)16/h10-12H,2-9H2,1H3,(H,15,16). The Morgan fingerprint density at radius 3 is 2.50 bits per heavy atom. The van der Waals surface area contributed by atoms with Crippen molar-refractivity contribution in [3.63, 3.8) is 0 Å². The number of carboxylic acids is 1. The van der Waals surface area contributed by atoms with Crippen LogP contribution < -0.4 is 0 Å². The van der Waals surface area contributed by atoms with E-state index in [0.29, 0.717) is 12.1 Å². The third kappa shape index (κ3) is 2.40. The summed E-state index contributed by atoms with van der Waals surface area (Å²) in [6.07, 6.45) is 7.95. The molecule has 1 heterocycles. The molecule has 0 bridgehead atoms. The molecular weight excluding hydrogens is 202 g/mol. The number of rotatable bonds is 2. The zero-order chi connectivity index (χ0) is 11.5. The van der Waals surface area contributed by atoms with E-state index in [2.05, 4.69) is 11.8 Å². The first-order valence-corrected chi connectivity index (χ1v) is 6.68. The highest BCUT2D eigenvalue weighted by molar-refractivity contribution is 5.71. The van der Waals surface area contributed by atoms with Crippen LogP contribution in [0.4, 0.5) is 0 Å². The third-order valence-electron chi connectivity index (χ3n) is 4.33. The van der Waals surface area contributed by atoms with Gasteiger partial charge in [0.1, 0.15) is 0 Å². The number of aliphatic carboxylic acids is 1. The molecular formula is C13H23NO2. The molecule has 0 amide bonds. The van der Waals surface area contributed by atoms with Crippen molar-refractivity contribution < 1.29 is 9.90 Å². The lowest BCUT2D eigenvalue weighted by Crippen LogP contribution is -2.44. The Bertz CT molecular complexity index is 254. The van der Waals surface area contributed by atoms with Gasteiger partial charge in [-0.3, -0.25) is 9.69 Å². The zero-order valence-corrected chi connectivity index (χ0v) is 10.2. The van der Waals surface area contributed by atoms with Crippen molar-refractivity contribution in [1.29, 1.82) is 0 Å². The van der Waals surface area contributed by atoms with Crippen molar-refractivity contribution in [3.8, 4) is 0 Å². The summed E-state index contributed by atoms with van der Waals surface area (Å²) < 4.78 is 0. The molecule has 0 spiro atoms. The molecule has 2 fully saturated rings. The maximum atomic E-state index is 11.4. The molecule has 2 rings (SSSR count). The fourth-order valence-corrected chi connectivity index (χ4v) is 3.42. The molecule has 16 heavy (non-hydrogen) atoms. The van der Waals surface area contributed by atoms with Gasteiger partial charge in [0.15, 0.2) is 0 Å². The number of carbonyl (C=O) groups is 1. The van der Waals surface area contributed by atoms with Crippen LogP contribution in [0.2, 0.25) is 0 Å². The molecule has 0 aromatic rings. The lowest BCUT2D eigenvalue weighted by atomic mass is 9.93. The highest BCUT2D eigenvalue weighted by Gasteiger charge is 2.37. The molecule has 3 nitrogen and oxygen atoms in total. The van der Waals surface area contributed by atoms with E-state index in [-0.39, 0.29) is 5.92 Å². The van der Waals surface area contributed by atoms with Gasteiger partial charge in [-0.2, -0.15) is 0 Å². The predicted octanol–water partition coefficient (Wildman–Crippen LogP) is 2.50. The van der Waals surface area contributed by atoms with Crippen LogP contribution in [0.15, 0.2) is 0 Å². The van der Waals surface area contributed by atoms with E-state index < -0.39 is 5.97 Å². The summed E-state index contributed by atoms with van der Waals surface area (Å²) in [4.78, 5) is 13.8. The van der Waals surface area contributed by atoms with Crippen LogP contribution in [0, 0.1) is 5.92 Å². The molecule has 1 aliphatic carbocycles. The van der Waals surface area contributed by atoms with Gasteiger partial charge in [0.2, 0.25) is 0 Å². The van der Waals surface area contributed by atoms with Crippen LogP contribution in [-0.2, 0) is 4.79 Å². The van der Waals surface area contributed by atoms with Crippen LogP contribution >= 0.6 is 0 Å². The van der Waals surface area contributed by atoms with Crippen molar-refractivity contribution in [2.24, 2.45) is 5.92 Å². The van der Waals surface area contributed by atoms with E-state index in [1.807, 2.05) is 0 Å². The summed E-state index contributed by atoms with van der Waals surface area (Å²) in [5, 5.41) is 9.35. The summed E-state index contributed by atoms with van der Waals surface area (Å²) in [6, 6.07) is 0.891. The van der Waals surface area contributed by atoms with E-state index in [9.17, 15) is 9.90 Å². The van der Waals surface area contributed by atoms with E-state index in [1.165, 1.54) is 25.7 Å². The Morgan fingerprint density at radius 1 is 1.12 bits per heavy atom. The van der Waals surface area contributed by atoms with E-state index in [0.717, 1.165) is 25.8 Å². The normalized spacial score (nSPS) is 37.2. The van der Waals surface area contributed by atoms with Gasteiger partial charge in [0.25, 0.3) is 0 Å². The number of hydrogen-bond donors (Lipinski definition) is 1. The Kier molecular flexibility index (Phi) is 3.85. The van der Waals surface area contributed by atoms with Gasteiger partial charge in [-0.1, -0.05) is 19.3 Å². The minimum Gasteiger partial charge on any atom is -0.481 e. The number of nitrogens with zero attached hydrogens (tertiary/aromatic N) is 1. The minimum absolute atomic E-state index is 0.122. The lowest BCUT2D eigenvalue weighted by molar-refractivity contribution is -0.144. The molecule has 1 saturated carbocycles. The molecule has 1 aliphatic heterocycles. The maximum absolute atomic E-state index is 11.4. The molecule has 92 valence electrons. The van der Waals surface area contributed by atoms with Gasteiger partial charge in [-0.05, 0) is 39.2 Å². The Labute approximate surface area is 97.8 Å². The largest absolute Gasteiger partial charge is 0.481 e. The van der Waals surface area contributed by atoms with Gasteiger partial charge in [0, 0.05) is 12.1 Å². The zero-order valence-electron chi connectivity index (χ0n) is 10.2. The first-order valence-electron chi connectivity index (χ1n) is 6.68. The lowest BCUT2D eigenvalue weighted by Gasteiger charge is -2.34. The van der Waals surface area contributed by atoms with Crippen LogP contribution in [0.1, 0.15) is 51.9 Å². The molecule has 3 heteroatoms. The number of hydrogen-bond acceptors (Lipinski definition) is 2. The van der Waals surface area contributed by atoms with Crippen molar-refractivity contribution in [2.75, 3.05) is 6.54 Å². The van der Waals surface area contributed by atoms with Crippen molar-refractivity contribution in [1.82, 2.24) is 4.90 Å². The SMILES string of the molecule is CC1CCCN1C1CCCCCC1C(=O)O. The number of likely N-dealkylation sites (tertiary alicyclic amines) is 1. The summed E-state index contributed by atoms with van der Waals surface area (Å²) in [5.74, 6) is -0.700. The Balaban J connectivity index is 2.10. The Morgan fingerprint density at radius 2 is 1.88 bits per heavy atom. The average molecular weight is 225 g/mol. The fraction of sp³-hybridized carbons (Fsp3) is 0.923. The average Bonchev–Trinajstić information content (AvgIpc) is 2.54. The first-order chi connectivity index (χ1) is 7.70. The van der Waals surface area contributed by atoms with Gasteiger partial charge in [0.05, 0.1) is 5.92 Å². The van der Waals surface area contributed by atoms with Crippen molar-refractivity contribution >= 4 is 5.97 Å². The van der Waals surface area contributed by atoms with Crippen LogP contribution in [-0.4, -0.2) is 34.6 Å². The molecule has 0 radical (unpaired) electrons. The monoisotopic (exact) mass is 225 g/mol. The number of carboxylic acid groups (broad SMARTS) is 1. The fourth-order valence-electron chi connectivity index (χ4n) is 3.42. The molecule has 3 atom stereocenters. The van der Waals surface area contributed by atoms with Crippen LogP contribution in [0.5, 0.6) is 0 Å². The first kappa shape index (κ1) is 11.9. The molecule has 0 aromatic carbocycles. The Hall–Kier alpha value is -0.570. The van der Waals surface area contributed by atoms with Crippen molar-refractivity contribution in [3.05, 3.63) is 0 Å². The predicted molar refractivity (Wildman–Crippen MR) is 63.4 cm³/mol. The highest BCUT2D eigenvalue weighted by atomic mass is 16.4. The maximum Gasteiger partial charge on any atom is 0.308 e. The van der Waals surface area contributed by atoms with Crippen LogP contribution in [0.3, 0.4) is 0 Å². The second kappa shape index (κ2) is 5.17. The molecule has 0 aromatic heterocycles. The smallest absolute Gasteiger partial charge is 0.308 e. The summed E-state index contributed by atoms with van der Waals surface area (Å²) >= 11 is 0. The van der Waals surface area contributed by atoms with Crippen molar-refractivity contribution in [2.45, 2.75) is 64.0 Å². The molecule has 1 N–H and O–H groups in total. The van der Waals surface area contributed by atoms with E-state index >= 15 is 0 Å². The summed E-state index contributed by atoms with van der Waals surface area (Å²) in [7, 11) is 0. The van der Waals surface area contributed by atoms with Gasteiger partial charge < -0.3 is 5.11 Å². The summed E-state index contributed by atoms with van der Waals surface area (Å²) in [6.45, 7) is 3.35. The van der Waals surface area contributed by atoms with E-state index in [1.54, 1.807) is 0 Å². The quantitative estimate of drug-likeness (QED) is 0.734.